The lowest BCUT2D eigenvalue weighted by atomic mass is 9.62. The Bertz CT molecular complexity index is 618. The molecule has 0 bridgehead atoms. The maximum atomic E-state index is 11.8. The molecule has 1 aliphatic heterocycles. The van der Waals surface area contributed by atoms with Crippen molar-refractivity contribution in [3.8, 4) is 0 Å². The van der Waals surface area contributed by atoms with Crippen molar-refractivity contribution in [3.63, 3.8) is 0 Å². The Labute approximate surface area is 159 Å². The van der Waals surface area contributed by atoms with Crippen molar-refractivity contribution in [1.82, 2.24) is 0 Å². The molecule has 2 fully saturated rings. The summed E-state index contributed by atoms with van der Waals surface area (Å²) >= 11 is 0. The molecule has 4 nitrogen and oxygen atoms in total. The minimum atomic E-state index is -1.86. The Morgan fingerprint density at radius 3 is 2.38 bits per heavy atom. The first-order valence-electron chi connectivity index (χ1n) is 9.95. The minimum Gasteiger partial charge on any atom is -0.413 e. The number of carbonyl (C=O) groups is 1. The Hall–Kier alpha value is -0.493. The fourth-order valence-electron chi connectivity index (χ4n) is 4.91. The summed E-state index contributed by atoms with van der Waals surface area (Å²) in [4.78, 5) is 11.8. The van der Waals surface area contributed by atoms with E-state index in [1.807, 2.05) is 13.8 Å². The van der Waals surface area contributed by atoms with Crippen LogP contribution in [0.5, 0.6) is 0 Å². The van der Waals surface area contributed by atoms with E-state index in [1.54, 1.807) is 0 Å². The van der Waals surface area contributed by atoms with E-state index in [-0.39, 0.29) is 22.5 Å². The quantitative estimate of drug-likeness (QED) is 0.519. The molecule has 148 valence electrons. The van der Waals surface area contributed by atoms with Crippen molar-refractivity contribution in [3.05, 3.63) is 11.6 Å². The molecular formula is C21H36O4Si. The lowest BCUT2D eigenvalue weighted by Gasteiger charge is -2.50. The van der Waals surface area contributed by atoms with E-state index >= 15 is 0 Å². The molecule has 0 radical (unpaired) electrons. The van der Waals surface area contributed by atoms with Crippen LogP contribution in [-0.4, -0.2) is 38.7 Å². The molecule has 0 amide bonds. The number of ether oxygens (including phenoxy) is 2. The first-order chi connectivity index (χ1) is 11.8. The molecule has 0 aromatic carbocycles. The molecule has 1 saturated carbocycles. The van der Waals surface area contributed by atoms with Crippen LogP contribution >= 0.6 is 0 Å². The van der Waals surface area contributed by atoms with Crippen molar-refractivity contribution >= 4 is 14.6 Å². The predicted octanol–water partition coefficient (Wildman–Crippen LogP) is 4.84. The number of fused-ring (bicyclic) bond motifs is 2. The van der Waals surface area contributed by atoms with Crippen molar-refractivity contribution in [1.29, 1.82) is 0 Å². The van der Waals surface area contributed by atoms with Crippen molar-refractivity contribution < 1.29 is 18.7 Å². The van der Waals surface area contributed by atoms with Crippen LogP contribution in [-0.2, 0) is 18.7 Å². The van der Waals surface area contributed by atoms with Gasteiger partial charge in [-0.3, -0.25) is 4.79 Å². The van der Waals surface area contributed by atoms with Crippen LogP contribution < -0.4 is 0 Å². The summed E-state index contributed by atoms with van der Waals surface area (Å²) in [5.74, 6) is -0.407. The number of aldehydes is 1. The van der Waals surface area contributed by atoms with Gasteiger partial charge in [-0.05, 0) is 51.2 Å². The van der Waals surface area contributed by atoms with Gasteiger partial charge in [0.2, 0.25) is 0 Å². The van der Waals surface area contributed by atoms with Gasteiger partial charge in [0.05, 0.1) is 12.7 Å². The topological polar surface area (TPSA) is 44.8 Å². The van der Waals surface area contributed by atoms with Gasteiger partial charge in [0, 0.05) is 16.9 Å². The SMILES string of the molecule is CC1(C)OC[C@@]2(O1)C(C=O)=CC[C@]1(C)[C@@H](O[Si](C)(C)C(C)(C)C)CC[C@H]12. The molecule has 1 heterocycles. The van der Waals surface area contributed by atoms with Crippen LogP contribution in [0.2, 0.25) is 18.1 Å². The Morgan fingerprint density at radius 2 is 1.88 bits per heavy atom. The average Bonchev–Trinajstić information content (AvgIpc) is 2.97. The van der Waals surface area contributed by atoms with Gasteiger partial charge in [-0.25, -0.2) is 0 Å². The molecular weight excluding hydrogens is 344 g/mol. The van der Waals surface area contributed by atoms with Gasteiger partial charge < -0.3 is 13.9 Å². The molecule has 0 aromatic rings. The van der Waals surface area contributed by atoms with Crippen LogP contribution in [0.15, 0.2) is 11.6 Å². The zero-order chi connectivity index (χ0) is 19.6. The first kappa shape index (κ1) is 20.2. The van der Waals surface area contributed by atoms with Gasteiger partial charge in [0.25, 0.3) is 0 Å². The Morgan fingerprint density at radius 1 is 1.23 bits per heavy atom. The first-order valence-corrected chi connectivity index (χ1v) is 12.9. The number of allylic oxidation sites excluding steroid dienone is 1. The fraction of sp³-hybridized carbons (Fsp3) is 0.857. The smallest absolute Gasteiger partial charge is 0.192 e. The average molecular weight is 381 g/mol. The van der Waals surface area contributed by atoms with Gasteiger partial charge in [-0.15, -0.1) is 0 Å². The van der Waals surface area contributed by atoms with Crippen LogP contribution in [0.3, 0.4) is 0 Å². The van der Waals surface area contributed by atoms with Crippen LogP contribution in [0.25, 0.3) is 0 Å². The molecule has 1 spiro atoms. The molecule has 4 atom stereocenters. The van der Waals surface area contributed by atoms with Gasteiger partial charge in [0.15, 0.2) is 14.1 Å². The molecule has 2 aliphatic carbocycles. The zero-order valence-corrected chi connectivity index (χ0v) is 18.8. The molecule has 1 saturated heterocycles. The molecule has 0 aromatic heterocycles. The monoisotopic (exact) mass is 380 g/mol. The maximum absolute atomic E-state index is 11.8. The van der Waals surface area contributed by atoms with E-state index in [4.69, 9.17) is 13.9 Å². The third-order valence-electron chi connectivity index (χ3n) is 7.49. The number of rotatable bonds is 3. The van der Waals surface area contributed by atoms with Gasteiger partial charge in [-0.1, -0.05) is 33.8 Å². The van der Waals surface area contributed by atoms with E-state index in [1.165, 1.54) is 0 Å². The number of carbonyl (C=O) groups excluding carboxylic acids is 1. The van der Waals surface area contributed by atoms with Crippen molar-refractivity contribution in [2.45, 2.75) is 96.4 Å². The van der Waals surface area contributed by atoms with E-state index < -0.39 is 19.7 Å². The standard InChI is InChI=1S/C21H36O4Si/c1-18(2,3)26(7,8)24-17-10-9-16-20(17,6)12-11-15(13-22)21(16)14-23-19(4,5)25-21/h11,13,16-17H,9-10,12,14H2,1-8H3/t16-,17+,20+,21-/m1/s1. The zero-order valence-electron chi connectivity index (χ0n) is 17.8. The third-order valence-corrected chi connectivity index (χ3v) is 12.0. The highest BCUT2D eigenvalue weighted by Gasteiger charge is 2.64. The van der Waals surface area contributed by atoms with Gasteiger partial charge >= 0.3 is 0 Å². The molecule has 0 N–H and O–H groups in total. The second kappa shape index (κ2) is 6.00. The van der Waals surface area contributed by atoms with E-state index in [0.29, 0.717) is 6.61 Å². The Balaban J connectivity index is 1.95. The molecule has 26 heavy (non-hydrogen) atoms. The highest BCUT2D eigenvalue weighted by Crippen LogP contribution is 2.60. The predicted molar refractivity (Wildman–Crippen MR) is 106 cm³/mol. The highest BCUT2D eigenvalue weighted by atomic mass is 28.4. The minimum absolute atomic E-state index is 0.0220. The number of hydrogen-bond acceptors (Lipinski definition) is 4. The summed E-state index contributed by atoms with van der Waals surface area (Å²) in [5.41, 5.74) is 0.119. The van der Waals surface area contributed by atoms with Gasteiger partial charge in [0.1, 0.15) is 11.9 Å². The molecule has 3 rings (SSSR count). The van der Waals surface area contributed by atoms with Gasteiger partial charge in [-0.2, -0.15) is 0 Å². The van der Waals surface area contributed by atoms with E-state index in [0.717, 1.165) is 31.1 Å². The van der Waals surface area contributed by atoms with Crippen LogP contribution in [0.4, 0.5) is 0 Å². The van der Waals surface area contributed by atoms with Crippen LogP contribution in [0.1, 0.15) is 60.8 Å². The summed E-state index contributed by atoms with van der Waals surface area (Å²) in [5, 5.41) is 0.187. The normalized spacial score (nSPS) is 39.8. The summed E-state index contributed by atoms with van der Waals surface area (Å²) in [6.07, 6.45) is 6.19. The Kier molecular flexibility index (Phi) is 4.67. The summed E-state index contributed by atoms with van der Waals surface area (Å²) < 4.78 is 19.3. The van der Waals surface area contributed by atoms with Crippen molar-refractivity contribution in [2.75, 3.05) is 6.61 Å². The fourth-order valence-corrected chi connectivity index (χ4v) is 6.36. The summed E-state index contributed by atoms with van der Waals surface area (Å²) in [6, 6.07) is 0. The summed E-state index contributed by atoms with van der Waals surface area (Å²) in [7, 11) is -1.86. The second-order valence-corrected chi connectivity index (χ2v) is 15.4. The lowest BCUT2D eigenvalue weighted by molar-refractivity contribution is -0.176. The van der Waals surface area contributed by atoms with Crippen LogP contribution in [0, 0.1) is 11.3 Å². The van der Waals surface area contributed by atoms with Crippen molar-refractivity contribution in [2.24, 2.45) is 11.3 Å². The molecule has 3 aliphatic rings. The lowest BCUT2D eigenvalue weighted by Crippen LogP contribution is -2.55. The number of hydrogen-bond donors (Lipinski definition) is 0. The van der Waals surface area contributed by atoms with E-state index in [2.05, 4.69) is 46.9 Å². The highest BCUT2D eigenvalue weighted by molar-refractivity contribution is 6.74. The second-order valence-electron chi connectivity index (χ2n) is 10.7. The molecule has 5 heteroatoms. The molecule has 0 unspecified atom stereocenters. The third kappa shape index (κ3) is 2.95. The van der Waals surface area contributed by atoms with E-state index in [9.17, 15) is 4.79 Å². The maximum Gasteiger partial charge on any atom is 0.192 e. The summed E-state index contributed by atoms with van der Waals surface area (Å²) in [6.45, 7) is 18.2. The largest absolute Gasteiger partial charge is 0.413 e.